The number of piperazine rings is 1. The van der Waals surface area contributed by atoms with Gasteiger partial charge in [0, 0.05) is 60.3 Å². The predicted octanol–water partition coefficient (Wildman–Crippen LogP) is 3.42. The molecule has 2 fully saturated rings. The maximum absolute atomic E-state index is 12.1. The highest BCUT2D eigenvalue weighted by molar-refractivity contribution is 5.97. The largest absolute Gasteiger partial charge is 0.383 e. The van der Waals surface area contributed by atoms with Crippen molar-refractivity contribution in [2.75, 3.05) is 37.3 Å². The third-order valence-corrected chi connectivity index (χ3v) is 7.83. The number of carbonyl (C=O) groups is 1. The molecule has 33 heavy (non-hydrogen) atoms. The second-order valence-corrected chi connectivity index (χ2v) is 9.67. The summed E-state index contributed by atoms with van der Waals surface area (Å²) in [5.41, 5.74) is 13.4. The minimum absolute atomic E-state index is 0.00463. The zero-order valence-corrected chi connectivity index (χ0v) is 19.1. The number of rotatable bonds is 3. The number of nitrogen functional groups attached to an aromatic ring is 1. The molecule has 6 heteroatoms. The maximum atomic E-state index is 12.1. The summed E-state index contributed by atoms with van der Waals surface area (Å²) < 4.78 is 0. The van der Waals surface area contributed by atoms with Gasteiger partial charge in [-0.15, -0.1) is 0 Å². The van der Waals surface area contributed by atoms with Crippen LogP contribution < -0.4 is 16.0 Å². The first-order valence-electron chi connectivity index (χ1n) is 11.7. The van der Waals surface area contributed by atoms with Crippen molar-refractivity contribution in [1.82, 2.24) is 15.2 Å². The van der Waals surface area contributed by atoms with Crippen molar-refractivity contribution in [1.29, 1.82) is 0 Å². The minimum atomic E-state index is -0.00463. The number of pyridine rings is 1. The Morgan fingerprint density at radius 1 is 0.970 bits per heavy atom. The SMILES string of the molecule is C[C@@H]1[C@H]2CN(c3ccc(-c4cnc(N)c(-c5ccc6c(c5)CCNC6=O)c4)cc3)[C@@H]1CN2C. The number of carbonyl (C=O) groups excluding carboxylic acids is 1. The number of nitrogens with two attached hydrogens (primary N) is 1. The van der Waals surface area contributed by atoms with E-state index in [1.54, 1.807) is 0 Å². The summed E-state index contributed by atoms with van der Waals surface area (Å²) in [5.74, 6) is 1.21. The predicted molar refractivity (Wildman–Crippen MR) is 132 cm³/mol. The van der Waals surface area contributed by atoms with E-state index in [0.717, 1.165) is 52.9 Å². The first-order valence-corrected chi connectivity index (χ1v) is 11.7. The number of fused-ring (bicyclic) bond motifs is 3. The van der Waals surface area contributed by atoms with Crippen LogP contribution in [0.4, 0.5) is 11.5 Å². The van der Waals surface area contributed by atoms with Gasteiger partial charge < -0.3 is 16.0 Å². The van der Waals surface area contributed by atoms with Gasteiger partial charge in [-0.05, 0) is 60.3 Å². The number of hydrogen-bond acceptors (Lipinski definition) is 5. The molecular weight excluding hydrogens is 410 g/mol. The van der Waals surface area contributed by atoms with E-state index in [1.165, 1.54) is 5.69 Å². The molecule has 0 radical (unpaired) electrons. The monoisotopic (exact) mass is 439 g/mol. The van der Waals surface area contributed by atoms with Crippen LogP contribution in [-0.4, -0.2) is 54.6 Å². The Kier molecular flexibility index (Phi) is 4.66. The Labute approximate surface area is 194 Å². The molecule has 6 nitrogen and oxygen atoms in total. The smallest absolute Gasteiger partial charge is 0.251 e. The lowest BCUT2D eigenvalue weighted by atomic mass is 9.94. The Balaban J connectivity index is 1.29. The number of hydrogen-bond donors (Lipinski definition) is 2. The van der Waals surface area contributed by atoms with E-state index < -0.39 is 0 Å². The molecule has 3 aliphatic heterocycles. The molecule has 3 atom stereocenters. The van der Waals surface area contributed by atoms with Gasteiger partial charge in [0.15, 0.2) is 0 Å². The molecule has 3 aromatic rings. The van der Waals surface area contributed by atoms with E-state index in [0.29, 0.717) is 30.4 Å². The molecule has 168 valence electrons. The van der Waals surface area contributed by atoms with Gasteiger partial charge in [-0.3, -0.25) is 9.69 Å². The molecule has 2 bridgehead atoms. The summed E-state index contributed by atoms with van der Waals surface area (Å²) in [6, 6.07) is 18.1. The molecule has 0 aliphatic carbocycles. The second kappa shape index (κ2) is 7.59. The van der Waals surface area contributed by atoms with Gasteiger partial charge in [-0.2, -0.15) is 0 Å². The number of likely N-dealkylation sites (N-methyl/N-ethyl adjacent to an activating group) is 1. The van der Waals surface area contributed by atoms with E-state index in [-0.39, 0.29) is 5.91 Å². The zero-order chi connectivity index (χ0) is 22.7. The van der Waals surface area contributed by atoms with Gasteiger partial charge in [0.25, 0.3) is 5.91 Å². The van der Waals surface area contributed by atoms with Gasteiger partial charge in [0.1, 0.15) is 5.82 Å². The van der Waals surface area contributed by atoms with Crippen LogP contribution in [0.3, 0.4) is 0 Å². The third kappa shape index (κ3) is 3.28. The first kappa shape index (κ1) is 20.2. The fourth-order valence-corrected chi connectivity index (χ4v) is 5.88. The van der Waals surface area contributed by atoms with Gasteiger partial charge in [-0.1, -0.05) is 31.2 Å². The number of likely N-dealkylation sites (tertiary alicyclic amines) is 1. The van der Waals surface area contributed by atoms with Crippen LogP contribution in [0.1, 0.15) is 22.8 Å². The number of nitrogens with zero attached hydrogens (tertiary/aromatic N) is 3. The topological polar surface area (TPSA) is 74.5 Å². The van der Waals surface area contributed by atoms with Gasteiger partial charge in [0.05, 0.1) is 0 Å². The van der Waals surface area contributed by atoms with Crippen LogP contribution in [-0.2, 0) is 6.42 Å². The van der Waals surface area contributed by atoms with Crippen molar-refractivity contribution < 1.29 is 4.79 Å². The molecule has 2 saturated heterocycles. The standard InChI is InChI=1S/C27H29N5O/c1-16-24-15-32(25(16)14-31(24)2)21-6-3-17(4-7-21)20-12-23(26(28)30-13-20)18-5-8-22-19(11-18)9-10-29-27(22)33/h3-8,11-13,16,24-25H,9-10,14-15H2,1-2H3,(H2,28,30)(H,29,33)/t16-,24-,25-/m1/s1. The van der Waals surface area contributed by atoms with Crippen LogP contribution in [0.5, 0.6) is 0 Å². The summed E-state index contributed by atoms with van der Waals surface area (Å²) in [7, 11) is 2.24. The van der Waals surface area contributed by atoms with Gasteiger partial charge in [-0.25, -0.2) is 4.98 Å². The highest BCUT2D eigenvalue weighted by Gasteiger charge is 2.47. The third-order valence-electron chi connectivity index (χ3n) is 7.83. The summed E-state index contributed by atoms with van der Waals surface area (Å²) in [6.45, 7) is 5.29. The van der Waals surface area contributed by atoms with E-state index in [1.807, 2.05) is 18.3 Å². The molecule has 3 aliphatic rings. The van der Waals surface area contributed by atoms with Crippen molar-refractivity contribution in [3.05, 3.63) is 65.9 Å². The lowest BCUT2D eigenvalue weighted by molar-refractivity contribution is 0.0946. The van der Waals surface area contributed by atoms with Crippen molar-refractivity contribution in [3.63, 3.8) is 0 Å². The number of amides is 1. The van der Waals surface area contributed by atoms with Crippen LogP contribution in [0, 0.1) is 5.92 Å². The van der Waals surface area contributed by atoms with E-state index in [4.69, 9.17) is 5.73 Å². The molecule has 0 saturated carbocycles. The Hall–Kier alpha value is -3.38. The highest BCUT2D eigenvalue weighted by Crippen LogP contribution is 2.39. The van der Waals surface area contributed by atoms with Crippen LogP contribution in [0.15, 0.2) is 54.7 Å². The average molecular weight is 440 g/mol. The average Bonchev–Trinajstić information content (AvgIpc) is 3.29. The lowest BCUT2D eigenvalue weighted by Gasteiger charge is -2.33. The van der Waals surface area contributed by atoms with E-state index >= 15 is 0 Å². The van der Waals surface area contributed by atoms with Crippen LogP contribution in [0.25, 0.3) is 22.3 Å². The Morgan fingerprint density at radius 3 is 2.48 bits per heavy atom. The van der Waals surface area contributed by atoms with E-state index in [9.17, 15) is 4.79 Å². The van der Waals surface area contributed by atoms with Crippen molar-refractivity contribution >= 4 is 17.4 Å². The zero-order valence-electron chi connectivity index (χ0n) is 19.1. The molecular formula is C27H29N5O. The fourth-order valence-electron chi connectivity index (χ4n) is 5.88. The molecule has 6 rings (SSSR count). The minimum Gasteiger partial charge on any atom is -0.383 e. The number of nitrogens with one attached hydrogen (secondary N) is 1. The first-order chi connectivity index (χ1) is 16.0. The highest BCUT2D eigenvalue weighted by atomic mass is 16.1. The molecule has 2 aromatic carbocycles. The number of anilines is 2. The summed E-state index contributed by atoms with van der Waals surface area (Å²) in [4.78, 5) is 21.6. The van der Waals surface area contributed by atoms with Gasteiger partial charge >= 0.3 is 0 Å². The normalized spacial score (nSPS) is 24.1. The summed E-state index contributed by atoms with van der Waals surface area (Å²) >= 11 is 0. The molecule has 1 aromatic heterocycles. The molecule has 3 N–H and O–H groups in total. The summed E-state index contributed by atoms with van der Waals surface area (Å²) in [6.07, 6.45) is 2.67. The van der Waals surface area contributed by atoms with E-state index in [2.05, 4.69) is 70.5 Å². The number of aromatic nitrogens is 1. The molecule has 4 heterocycles. The molecule has 1 amide bonds. The quantitative estimate of drug-likeness (QED) is 0.654. The number of benzene rings is 2. The lowest BCUT2D eigenvalue weighted by Crippen LogP contribution is -2.44. The Bertz CT molecular complexity index is 1240. The van der Waals surface area contributed by atoms with Gasteiger partial charge in [0.2, 0.25) is 0 Å². The van der Waals surface area contributed by atoms with Crippen LogP contribution >= 0.6 is 0 Å². The van der Waals surface area contributed by atoms with Crippen molar-refractivity contribution in [2.24, 2.45) is 5.92 Å². The molecule has 0 unspecified atom stereocenters. The fraction of sp³-hybridized carbons (Fsp3) is 0.333. The molecule has 0 spiro atoms. The maximum Gasteiger partial charge on any atom is 0.251 e. The van der Waals surface area contributed by atoms with Crippen molar-refractivity contribution in [3.8, 4) is 22.3 Å². The van der Waals surface area contributed by atoms with Crippen molar-refractivity contribution in [2.45, 2.75) is 25.4 Å². The van der Waals surface area contributed by atoms with Crippen LogP contribution in [0.2, 0.25) is 0 Å². The second-order valence-electron chi connectivity index (χ2n) is 9.67. The Morgan fingerprint density at radius 2 is 1.76 bits per heavy atom. The summed E-state index contributed by atoms with van der Waals surface area (Å²) in [5, 5.41) is 2.90.